The molecule has 1 aliphatic rings. The van der Waals surface area contributed by atoms with E-state index in [-0.39, 0.29) is 0 Å². The van der Waals surface area contributed by atoms with Crippen LogP contribution in [0.3, 0.4) is 0 Å². The number of halogens is 1. The third kappa shape index (κ3) is 5.69. The molecule has 1 fully saturated rings. The van der Waals surface area contributed by atoms with Gasteiger partial charge in [-0.1, -0.05) is 29.8 Å². The Balaban J connectivity index is 1.63. The number of benzene rings is 1. The number of nitrogens with one attached hydrogen (secondary N) is 1. The Morgan fingerprint density at radius 1 is 1.33 bits per heavy atom. The van der Waals surface area contributed by atoms with Crippen molar-refractivity contribution in [1.82, 2.24) is 15.1 Å². The molecule has 0 spiro atoms. The highest BCUT2D eigenvalue weighted by Crippen LogP contribution is 2.25. The minimum Gasteiger partial charge on any atom is -0.379 e. The Hall–Kier alpha value is -1.60. The summed E-state index contributed by atoms with van der Waals surface area (Å²) in [5, 5.41) is 6.46. The van der Waals surface area contributed by atoms with E-state index in [9.17, 15) is 0 Å². The summed E-state index contributed by atoms with van der Waals surface area (Å²) in [6, 6.07) is 12.6. The van der Waals surface area contributed by atoms with Gasteiger partial charge in [0.1, 0.15) is 0 Å². The number of morpholine rings is 1. The number of rotatable bonds is 6. The molecule has 0 bridgehead atoms. The van der Waals surface area contributed by atoms with E-state index in [1.54, 1.807) is 11.3 Å². The first-order valence-electron chi connectivity index (χ1n) is 9.19. The van der Waals surface area contributed by atoms with Gasteiger partial charge in [0.2, 0.25) is 0 Å². The van der Waals surface area contributed by atoms with Crippen LogP contribution in [0.5, 0.6) is 0 Å². The number of aliphatic imine (C=N–C) groups is 1. The molecule has 5 nitrogen and oxygen atoms in total. The molecular weight excluding hydrogens is 380 g/mol. The summed E-state index contributed by atoms with van der Waals surface area (Å²) in [6.07, 6.45) is 0. The number of ether oxygens (including phenoxy) is 1. The highest BCUT2D eigenvalue weighted by molar-refractivity contribution is 7.10. The zero-order valence-corrected chi connectivity index (χ0v) is 17.5. The highest BCUT2D eigenvalue weighted by atomic mass is 35.5. The molecule has 0 aliphatic carbocycles. The molecule has 0 saturated carbocycles. The monoisotopic (exact) mass is 406 g/mol. The van der Waals surface area contributed by atoms with E-state index in [1.165, 1.54) is 4.88 Å². The van der Waals surface area contributed by atoms with Gasteiger partial charge >= 0.3 is 0 Å². The number of nitrogens with zero attached hydrogens (tertiary/aromatic N) is 3. The SMILES string of the molecule is CN=C(NCC(c1cccs1)N1CCOCC1)N(C)Cc1cccc(Cl)c1. The second-order valence-electron chi connectivity index (χ2n) is 6.59. The lowest BCUT2D eigenvalue weighted by Gasteiger charge is -2.35. The Bertz CT molecular complexity index is 731. The predicted octanol–water partition coefficient (Wildman–Crippen LogP) is 3.48. The van der Waals surface area contributed by atoms with E-state index in [0.29, 0.717) is 6.04 Å². The molecule has 2 aromatic rings. The van der Waals surface area contributed by atoms with Gasteiger partial charge in [-0.25, -0.2) is 0 Å². The average molecular weight is 407 g/mol. The zero-order valence-electron chi connectivity index (χ0n) is 15.9. The molecule has 1 saturated heterocycles. The summed E-state index contributed by atoms with van der Waals surface area (Å²) in [5.41, 5.74) is 1.16. The second-order valence-corrected chi connectivity index (χ2v) is 8.01. The van der Waals surface area contributed by atoms with Crippen molar-refractivity contribution in [3.8, 4) is 0 Å². The lowest BCUT2D eigenvalue weighted by molar-refractivity contribution is 0.0176. The Morgan fingerprint density at radius 3 is 2.81 bits per heavy atom. The van der Waals surface area contributed by atoms with Gasteiger partial charge < -0.3 is 15.0 Å². The molecule has 0 radical (unpaired) electrons. The van der Waals surface area contributed by atoms with E-state index in [1.807, 2.05) is 32.3 Å². The van der Waals surface area contributed by atoms with Crippen LogP contribution < -0.4 is 5.32 Å². The van der Waals surface area contributed by atoms with Crippen molar-refractivity contribution in [2.24, 2.45) is 4.99 Å². The Morgan fingerprint density at radius 2 is 2.15 bits per heavy atom. The maximum Gasteiger partial charge on any atom is 0.193 e. The molecular formula is C20H27ClN4OS. The standard InChI is InChI=1S/C20H27ClN4OS/c1-22-20(24(2)15-16-5-3-6-17(21)13-16)23-14-18(19-7-4-12-27-19)25-8-10-26-11-9-25/h3-7,12-13,18H,8-11,14-15H2,1-2H3,(H,22,23). The van der Waals surface area contributed by atoms with Gasteiger partial charge in [0, 0.05) is 50.2 Å². The fourth-order valence-corrected chi connectivity index (χ4v) is 4.41. The first-order valence-corrected chi connectivity index (χ1v) is 10.4. The summed E-state index contributed by atoms with van der Waals surface area (Å²) < 4.78 is 5.53. The zero-order chi connectivity index (χ0) is 19.1. The van der Waals surface area contributed by atoms with Crippen LogP contribution >= 0.6 is 22.9 Å². The number of hydrogen-bond acceptors (Lipinski definition) is 4. The van der Waals surface area contributed by atoms with Crippen molar-refractivity contribution >= 4 is 28.9 Å². The topological polar surface area (TPSA) is 40.1 Å². The van der Waals surface area contributed by atoms with Crippen molar-refractivity contribution in [3.05, 3.63) is 57.2 Å². The van der Waals surface area contributed by atoms with Crippen LogP contribution in [0.2, 0.25) is 5.02 Å². The third-order valence-corrected chi connectivity index (χ3v) is 5.90. The number of hydrogen-bond donors (Lipinski definition) is 1. The number of guanidine groups is 1. The molecule has 7 heteroatoms. The van der Waals surface area contributed by atoms with Gasteiger partial charge in [0.25, 0.3) is 0 Å². The van der Waals surface area contributed by atoms with Crippen LogP contribution in [-0.4, -0.2) is 62.7 Å². The van der Waals surface area contributed by atoms with Crippen LogP contribution in [0, 0.1) is 0 Å². The molecule has 1 aromatic carbocycles. The molecule has 146 valence electrons. The van der Waals surface area contributed by atoms with Crippen molar-refractivity contribution in [1.29, 1.82) is 0 Å². The smallest absolute Gasteiger partial charge is 0.193 e. The summed E-state index contributed by atoms with van der Waals surface area (Å²) >= 11 is 7.91. The van der Waals surface area contributed by atoms with E-state index < -0.39 is 0 Å². The van der Waals surface area contributed by atoms with E-state index >= 15 is 0 Å². The first kappa shape index (κ1) is 20.1. The minimum atomic E-state index is 0.324. The molecule has 3 rings (SSSR count). The largest absolute Gasteiger partial charge is 0.379 e. The van der Waals surface area contributed by atoms with E-state index in [2.05, 4.69) is 43.7 Å². The molecule has 27 heavy (non-hydrogen) atoms. The van der Waals surface area contributed by atoms with Crippen molar-refractivity contribution < 1.29 is 4.74 Å². The molecule has 1 atom stereocenters. The average Bonchev–Trinajstić information content (AvgIpc) is 3.20. The summed E-state index contributed by atoms with van der Waals surface area (Å²) in [4.78, 5) is 10.5. The summed E-state index contributed by atoms with van der Waals surface area (Å²) in [6.45, 7) is 5.08. The quantitative estimate of drug-likeness (QED) is 0.589. The third-order valence-electron chi connectivity index (χ3n) is 4.69. The lowest BCUT2D eigenvalue weighted by Crippen LogP contribution is -2.46. The van der Waals surface area contributed by atoms with Crippen LogP contribution in [0.1, 0.15) is 16.5 Å². The van der Waals surface area contributed by atoms with Gasteiger partial charge in [0.15, 0.2) is 5.96 Å². The molecule has 2 heterocycles. The van der Waals surface area contributed by atoms with Crippen LogP contribution in [0.15, 0.2) is 46.8 Å². The molecule has 1 unspecified atom stereocenters. The van der Waals surface area contributed by atoms with Crippen molar-refractivity contribution in [2.45, 2.75) is 12.6 Å². The van der Waals surface area contributed by atoms with Gasteiger partial charge in [-0.3, -0.25) is 9.89 Å². The Labute approximate surface area is 170 Å². The van der Waals surface area contributed by atoms with Crippen LogP contribution in [0.25, 0.3) is 0 Å². The summed E-state index contributed by atoms with van der Waals surface area (Å²) in [7, 11) is 3.87. The predicted molar refractivity (Wildman–Crippen MR) is 114 cm³/mol. The minimum absolute atomic E-state index is 0.324. The summed E-state index contributed by atoms with van der Waals surface area (Å²) in [5.74, 6) is 0.879. The van der Waals surface area contributed by atoms with Crippen LogP contribution in [-0.2, 0) is 11.3 Å². The van der Waals surface area contributed by atoms with Crippen molar-refractivity contribution in [2.75, 3.05) is 46.9 Å². The van der Waals surface area contributed by atoms with Gasteiger partial charge in [-0.05, 0) is 29.1 Å². The molecule has 1 N–H and O–H groups in total. The van der Waals surface area contributed by atoms with Gasteiger partial charge in [0.05, 0.1) is 19.3 Å². The highest BCUT2D eigenvalue weighted by Gasteiger charge is 2.24. The lowest BCUT2D eigenvalue weighted by atomic mass is 10.2. The second kappa shape index (κ2) is 10.1. The van der Waals surface area contributed by atoms with Gasteiger partial charge in [-0.2, -0.15) is 0 Å². The Kier molecular flexibility index (Phi) is 7.52. The number of thiophene rings is 1. The molecule has 1 aliphatic heterocycles. The maximum absolute atomic E-state index is 6.11. The maximum atomic E-state index is 6.11. The van der Waals surface area contributed by atoms with Gasteiger partial charge in [-0.15, -0.1) is 11.3 Å². The molecule has 1 aromatic heterocycles. The normalized spacial score (nSPS) is 16.9. The fraction of sp³-hybridized carbons (Fsp3) is 0.450. The fourth-order valence-electron chi connectivity index (χ4n) is 3.34. The first-order chi connectivity index (χ1) is 13.2. The van der Waals surface area contributed by atoms with Crippen LogP contribution in [0.4, 0.5) is 0 Å². The van der Waals surface area contributed by atoms with Crippen molar-refractivity contribution in [3.63, 3.8) is 0 Å². The van der Waals surface area contributed by atoms with E-state index in [4.69, 9.17) is 16.3 Å². The molecule has 0 amide bonds. The van der Waals surface area contributed by atoms with E-state index in [0.717, 1.165) is 55.9 Å².